The fraction of sp³-hybridized carbons (Fsp3) is 0.412. The predicted molar refractivity (Wildman–Crippen MR) is 250 cm³/mol. The normalized spacial score (nSPS) is 21.0. The second-order valence-corrected chi connectivity index (χ2v) is 18.0. The first kappa shape index (κ1) is 44.9. The van der Waals surface area contributed by atoms with Gasteiger partial charge >= 0.3 is 6.09 Å². The lowest BCUT2D eigenvalue weighted by Crippen LogP contribution is -2.54. The number of aliphatic hydroxyl groups is 1. The molecule has 66 heavy (non-hydrogen) atoms. The molecule has 3 amide bonds. The van der Waals surface area contributed by atoms with Gasteiger partial charge in [0.1, 0.15) is 24.2 Å². The Labute approximate surface area is 384 Å². The van der Waals surface area contributed by atoms with Crippen LogP contribution in [0.3, 0.4) is 0 Å². The Morgan fingerprint density at radius 1 is 0.939 bits per heavy atom. The smallest absolute Gasteiger partial charge is 0.407 e. The number of ether oxygens (including phenoxy) is 4. The fourth-order valence-electron chi connectivity index (χ4n) is 10.3. The number of methoxy groups -OCH3 is 3. The van der Waals surface area contributed by atoms with Gasteiger partial charge in [-0.15, -0.1) is 0 Å². The molecule has 0 radical (unpaired) electrons. The summed E-state index contributed by atoms with van der Waals surface area (Å²) in [5.74, 6) is 1.31. The maximum Gasteiger partial charge on any atom is 0.407 e. The molecule has 0 spiro atoms. The molecule has 1 unspecified atom stereocenters. The average Bonchev–Trinajstić information content (AvgIpc) is 4.17. The third-order valence-corrected chi connectivity index (χ3v) is 13.9. The summed E-state index contributed by atoms with van der Waals surface area (Å²) in [5, 5.41) is 19.1. The van der Waals surface area contributed by atoms with Gasteiger partial charge in [-0.3, -0.25) is 14.9 Å². The standard InChI is InChI=1S/C51H59N7O8/c1-7-28(2)44(55-50(61)64-5)49(60)58-29(3)13-18-41(58)47-52-24-40(54-47)33-16-17-36-35(20-33)27-66-43-23-37-32(21-38(36)43)14-15-34-22-39(53-45(34)37)42-19-30(26-63-4)25-57(42)48(59)46(56-51(62)65-6)31-11-9-8-10-12-31/h8-12,14-17,20-24,28-30,41-42,44,46,50,53,55,61H,7,13,18-19,25-27H2,1-6H3,(H,52,54)(H,56,62)/t28-,29-,30-,41-,42-,44-,46+,50?/m0/s1. The van der Waals surface area contributed by atoms with E-state index in [4.69, 9.17) is 23.9 Å². The molecule has 4 aromatic carbocycles. The van der Waals surface area contributed by atoms with Crippen molar-refractivity contribution in [3.8, 4) is 28.1 Å². The van der Waals surface area contributed by atoms with E-state index in [1.165, 1.54) is 14.2 Å². The molecule has 5 heterocycles. The molecule has 0 saturated carbocycles. The van der Waals surface area contributed by atoms with Crippen LogP contribution in [0.4, 0.5) is 4.79 Å². The molecule has 9 rings (SSSR count). The van der Waals surface area contributed by atoms with Crippen molar-refractivity contribution in [1.82, 2.24) is 35.4 Å². The van der Waals surface area contributed by atoms with E-state index < -0.39 is 24.6 Å². The highest BCUT2D eigenvalue weighted by atomic mass is 16.6. The van der Waals surface area contributed by atoms with Crippen LogP contribution in [-0.4, -0.2) is 101 Å². The maximum absolute atomic E-state index is 14.5. The first-order valence-electron chi connectivity index (χ1n) is 22.9. The largest absolute Gasteiger partial charge is 0.488 e. The van der Waals surface area contributed by atoms with Crippen molar-refractivity contribution in [2.45, 2.75) is 89.7 Å². The van der Waals surface area contributed by atoms with Crippen LogP contribution >= 0.6 is 0 Å². The molecule has 3 aliphatic heterocycles. The van der Waals surface area contributed by atoms with Crippen LogP contribution < -0.4 is 15.4 Å². The number of carbonyl (C=O) groups excluding carboxylic acids is 3. The van der Waals surface area contributed by atoms with Crippen LogP contribution in [-0.2, 0) is 30.4 Å². The second-order valence-electron chi connectivity index (χ2n) is 18.0. The van der Waals surface area contributed by atoms with Gasteiger partial charge in [-0.1, -0.05) is 74.9 Å². The number of aromatic nitrogens is 3. The molecule has 2 fully saturated rings. The molecule has 6 aromatic rings. The van der Waals surface area contributed by atoms with Gasteiger partial charge in [-0.2, -0.15) is 0 Å². The van der Waals surface area contributed by atoms with Gasteiger partial charge in [0.05, 0.1) is 49.2 Å². The number of hydrogen-bond donors (Lipinski definition) is 5. The number of imidazole rings is 1. The third-order valence-electron chi connectivity index (χ3n) is 13.9. The van der Waals surface area contributed by atoms with E-state index in [1.807, 2.05) is 60.2 Å². The van der Waals surface area contributed by atoms with Gasteiger partial charge in [-0.25, -0.2) is 9.78 Å². The fourth-order valence-corrected chi connectivity index (χ4v) is 10.3. The number of benzene rings is 4. The van der Waals surface area contributed by atoms with Gasteiger partial charge in [0, 0.05) is 54.8 Å². The molecule has 3 aliphatic rings. The van der Waals surface area contributed by atoms with Gasteiger partial charge in [0.2, 0.25) is 18.2 Å². The Bertz CT molecular complexity index is 2740. The first-order chi connectivity index (χ1) is 32.0. The summed E-state index contributed by atoms with van der Waals surface area (Å²) in [6, 6.07) is 24.2. The van der Waals surface area contributed by atoms with Gasteiger partial charge in [0.15, 0.2) is 0 Å². The first-order valence-corrected chi connectivity index (χ1v) is 22.9. The second kappa shape index (κ2) is 18.9. The molecular weight excluding hydrogens is 839 g/mol. The summed E-state index contributed by atoms with van der Waals surface area (Å²) in [6.07, 6.45) is 2.98. The molecule has 2 saturated heterocycles. The van der Waals surface area contributed by atoms with Crippen molar-refractivity contribution < 1.29 is 38.4 Å². The maximum atomic E-state index is 14.5. The number of likely N-dealkylation sites (tertiary alicyclic amines) is 2. The molecule has 15 nitrogen and oxygen atoms in total. The number of amides is 3. The molecule has 5 N–H and O–H groups in total. The monoisotopic (exact) mass is 897 g/mol. The number of fused-ring (bicyclic) bond motifs is 6. The molecule has 8 atom stereocenters. The number of alkyl carbamates (subject to hydrolysis) is 1. The zero-order valence-corrected chi connectivity index (χ0v) is 38.3. The average molecular weight is 898 g/mol. The third kappa shape index (κ3) is 8.52. The van der Waals surface area contributed by atoms with E-state index in [1.54, 1.807) is 7.11 Å². The van der Waals surface area contributed by atoms with Gasteiger partial charge < -0.3 is 49.1 Å². The summed E-state index contributed by atoms with van der Waals surface area (Å²) in [6.45, 7) is 7.46. The Balaban J connectivity index is 0.978. The number of rotatable bonds is 14. The number of aromatic amines is 2. The van der Waals surface area contributed by atoms with E-state index in [2.05, 4.69) is 76.1 Å². The summed E-state index contributed by atoms with van der Waals surface area (Å²) in [5.41, 5.74) is 7.50. The highest BCUT2D eigenvalue weighted by Gasteiger charge is 2.43. The van der Waals surface area contributed by atoms with Crippen molar-refractivity contribution in [3.05, 3.63) is 108 Å². The van der Waals surface area contributed by atoms with Crippen molar-refractivity contribution in [2.75, 3.05) is 34.5 Å². The number of H-pyrrole nitrogens is 2. The zero-order chi connectivity index (χ0) is 46.2. The van der Waals surface area contributed by atoms with Crippen molar-refractivity contribution in [1.29, 1.82) is 0 Å². The zero-order valence-electron chi connectivity index (χ0n) is 38.3. The van der Waals surface area contributed by atoms with Gasteiger partial charge in [0.25, 0.3) is 0 Å². The lowest BCUT2D eigenvalue weighted by molar-refractivity contribution is -0.147. The van der Waals surface area contributed by atoms with Crippen LogP contribution in [0.15, 0.2) is 85.1 Å². The number of aliphatic hydroxyl groups excluding tert-OH is 1. The minimum absolute atomic E-state index is 0.00918. The lowest BCUT2D eigenvalue weighted by Gasteiger charge is -2.34. The van der Waals surface area contributed by atoms with Crippen LogP contribution in [0.25, 0.3) is 44.1 Å². The molecule has 2 aromatic heterocycles. The Morgan fingerprint density at radius 3 is 2.50 bits per heavy atom. The van der Waals surface area contributed by atoms with E-state index in [-0.39, 0.29) is 41.8 Å². The van der Waals surface area contributed by atoms with Gasteiger partial charge in [-0.05, 0) is 84.0 Å². The highest BCUT2D eigenvalue weighted by Crippen LogP contribution is 2.45. The van der Waals surface area contributed by atoms with E-state index in [0.29, 0.717) is 31.7 Å². The van der Waals surface area contributed by atoms with Crippen LogP contribution in [0.2, 0.25) is 0 Å². The Hall–Kier alpha value is -6.26. The van der Waals surface area contributed by atoms with Crippen LogP contribution in [0.5, 0.6) is 5.75 Å². The van der Waals surface area contributed by atoms with E-state index >= 15 is 0 Å². The summed E-state index contributed by atoms with van der Waals surface area (Å²) in [7, 11) is 4.36. The van der Waals surface area contributed by atoms with E-state index in [9.17, 15) is 19.5 Å². The van der Waals surface area contributed by atoms with Crippen LogP contribution in [0, 0.1) is 11.8 Å². The highest BCUT2D eigenvalue weighted by molar-refractivity contribution is 6.08. The molecule has 346 valence electrons. The minimum Gasteiger partial charge on any atom is -0.488 e. The topological polar surface area (TPSA) is 183 Å². The SMILES string of the molecule is CC[C@H](C)[C@H](NC(O)OC)C(=O)N1[C@@H](C)CC[C@H]1c1ncc(-c2ccc3c(c2)COc2cc4c(ccc5cc([C@@H]6C[C@H](COC)CN6C(=O)[C@H](NC(=O)OC)c6ccccc6)[nH]c54)cc2-3)[nH]1. The predicted octanol–water partition coefficient (Wildman–Crippen LogP) is 7.88. The quantitative estimate of drug-likeness (QED) is 0.0675. The number of nitrogens with zero attached hydrogens (tertiary/aromatic N) is 3. The molecular formula is C51H59N7O8. The van der Waals surface area contributed by atoms with E-state index in [0.717, 1.165) is 86.2 Å². The Kier molecular flexibility index (Phi) is 12.9. The summed E-state index contributed by atoms with van der Waals surface area (Å²) < 4.78 is 22.0. The minimum atomic E-state index is -1.25. The molecule has 0 aliphatic carbocycles. The summed E-state index contributed by atoms with van der Waals surface area (Å²) >= 11 is 0. The van der Waals surface area contributed by atoms with Crippen molar-refractivity contribution >= 4 is 39.6 Å². The van der Waals surface area contributed by atoms with Crippen LogP contribution in [0.1, 0.15) is 87.2 Å². The number of carbonyl (C=O) groups is 3. The number of hydrogen-bond acceptors (Lipinski definition) is 10. The molecule has 15 heteroatoms. The van der Waals surface area contributed by atoms with Crippen molar-refractivity contribution in [2.24, 2.45) is 11.8 Å². The number of nitrogens with one attached hydrogen (secondary N) is 4. The molecule has 0 bridgehead atoms. The Morgan fingerprint density at radius 2 is 1.74 bits per heavy atom. The summed E-state index contributed by atoms with van der Waals surface area (Å²) in [4.78, 5) is 56.9. The lowest BCUT2D eigenvalue weighted by atomic mass is 9.92. The van der Waals surface area contributed by atoms with Crippen molar-refractivity contribution in [3.63, 3.8) is 0 Å².